The van der Waals surface area contributed by atoms with Gasteiger partial charge in [0.05, 0.1) is 10.9 Å². The van der Waals surface area contributed by atoms with Crippen LogP contribution in [0.2, 0.25) is 0 Å². The second-order valence-corrected chi connectivity index (χ2v) is 7.94. The molecule has 3 aromatic carbocycles. The molecule has 3 aromatic rings. The summed E-state index contributed by atoms with van der Waals surface area (Å²) < 4.78 is 32.8. The molecule has 5 heteroatoms. The number of fused-ring (bicyclic) bond motifs is 1. The highest BCUT2D eigenvalue weighted by molar-refractivity contribution is 7.85. The fraction of sp³-hybridized carbons (Fsp3) is 0.0909. The molecule has 1 heterocycles. The van der Waals surface area contributed by atoms with Crippen LogP contribution in [0.5, 0.6) is 0 Å². The number of nitrogens with one attached hydrogen (secondary N) is 1. The van der Waals surface area contributed by atoms with Gasteiger partial charge in [-0.1, -0.05) is 72.8 Å². The zero-order valence-electron chi connectivity index (χ0n) is 14.5. The third kappa shape index (κ3) is 3.71. The van der Waals surface area contributed by atoms with Gasteiger partial charge in [0.1, 0.15) is 0 Å². The van der Waals surface area contributed by atoms with Crippen molar-refractivity contribution < 1.29 is 13.0 Å². The summed E-state index contributed by atoms with van der Waals surface area (Å²) in [5.74, 6) is 0. The molecule has 0 fully saturated rings. The lowest BCUT2D eigenvalue weighted by Crippen LogP contribution is -2.15. The molecule has 1 unspecified atom stereocenters. The van der Waals surface area contributed by atoms with E-state index in [-0.39, 0.29) is 10.9 Å². The molecule has 1 aliphatic heterocycles. The van der Waals surface area contributed by atoms with Gasteiger partial charge in [0.2, 0.25) is 0 Å². The lowest BCUT2D eigenvalue weighted by Gasteiger charge is -2.17. The van der Waals surface area contributed by atoms with Gasteiger partial charge in [-0.05, 0) is 39.9 Å². The number of rotatable bonds is 4. The molecule has 1 atom stereocenters. The fourth-order valence-electron chi connectivity index (χ4n) is 3.44. The maximum absolute atomic E-state index is 11.7. The van der Waals surface area contributed by atoms with Gasteiger partial charge in [0.25, 0.3) is 10.1 Å². The molecule has 0 spiro atoms. The largest absolute Gasteiger partial charge is 0.302 e. The van der Waals surface area contributed by atoms with E-state index < -0.39 is 10.1 Å². The van der Waals surface area contributed by atoms with Gasteiger partial charge >= 0.3 is 0 Å². The third-order valence-electron chi connectivity index (χ3n) is 4.78. The molecular formula is C22H19NO3S. The molecule has 4 nitrogen and oxygen atoms in total. The summed E-state index contributed by atoms with van der Waals surface area (Å²) in [7, 11) is -4.27. The predicted molar refractivity (Wildman–Crippen MR) is 107 cm³/mol. The third-order valence-corrected chi connectivity index (χ3v) is 5.63. The van der Waals surface area contributed by atoms with Crippen LogP contribution in [0.1, 0.15) is 33.9 Å². The van der Waals surface area contributed by atoms with E-state index in [0.29, 0.717) is 0 Å². The minimum absolute atomic E-state index is 0.0967. The van der Waals surface area contributed by atoms with Crippen LogP contribution >= 0.6 is 0 Å². The Morgan fingerprint density at radius 2 is 1.63 bits per heavy atom. The molecule has 27 heavy (non-hydrogen) atoms. The van der Waals surface area contributed by atoms with E-state index in [1.165, 1.54) is 11.6 Å². The minimum atomic E-state index is -4.27. The fourth-order valence-corrected chi connectivity index (χ4v) is 3.96. The first-order chi connectivity index (χ1) is 13.0. The van der Waals surface area contributed by atoms with E-state index in [1.54, 1.807) is 12.1 Å². The Morgan fingerprint density at radius 3 is 2.41 bits per heavy atom. The zero-order chi connectivity index (χ0) is 18.9. The predicted octanol–water partition coefficient (Wildman–Crippen LogP) is 4.30. The average molecular weight is 377 g/mol. The molecule has 0 aromatic heterocycles. The Labute approximate surface area is 158 Å². The first-order valence-corrected chi connectivity index (χ1v) is 10.1. The van der Waals surface area contributed by atoms with E-state index in [2.05, 4.69) is 11.4 Å². The van der Waals surface area contributed by atoms with Crippen molar-refractivity contribution in [2.75, 3.05) is 0 Å². The van der Waals surface area contributed by atoms with Crippen LogP contribution in [0.4, 0.5) is 0 Å². The highest BCUT2D eigenvalue weighted by Gasteiger charge is 2.25. The van der Waals surface area contributed by atoms with Crippen molar-refractivity contribution in [3.8, 4) is 0 Å². The van der Waals surface area contributed by atoms with Gasteiger partial charge in [0, 0.05) is 6.54 Å². The lowest BCUT2D eigenvalue weighted by molar-refractivity contribution is 0.483. The monoisotopic (exact) mass is 377 g/mol. The van der Waals surface area contributed by atoms with Crippen molar-refractivity contribution in [3.63, 3.8) is 0 Å². The smallest absolute Gasteiger partial charge is 0.294 e. The van der Waals surface area contributed by atoms with Gasteiger partial charge in [-0.2, -0.15) is 8.42 Å². The molecule has 0 radical (unpaired) electrons. The standard InChI is InChI=1S/C22H19NO3S/c24-27(25,26)19-13-12-17(11-10-16-6-2-1-3-7-16)21(14-19)22-20-9-5-4-8-18(20)15-23-22/h1-14,22-23H,15H2,(H,24,25,26)/b11-10+. The van der Waals surface area contributed by atoms with Crippen LogP contribution in [0.3, 0.4) is 0 Å². The van der Waals surface area contributed by atoms with Crippen LogP contribution < -0.4 is 5.32 Å². The Kier molecular flexibility index (Phi) is 4.66. The molecule has 0 saturated heterocycles. The van der Waals surface area contributed by atoms with Gasteiger partial charge in [0.15, 0.2) is 0 Å². The van der Waals surface area contributed by atoms with Crippen molar-refractivity contribution in [2.45, 2.75) is 17.5 Å². The van der Waals surface area contributed by atoms with Crippen molar-refractivity contribution in [1.29, 1.82) is 0 Å². The van der Waals surface area contributed by atoms with Crippen LogP contribution in [0, 0.1) is 0 Å². The SMILES string of the molecule is O=S(=O)(O)c1ccc(/C=C/c2ccccc2)c(C2NCc3ccccc32)c1. The number of hydrogen-bond acceptors (Lipinski definition) is 3. The quantitative estimate of drug-likeness (QED) is 0.526. The van der Waals surface area contributed by atoms with Crippen molar-refractivity contribution in [1.82, 2.24) is 5.32 Å². The molecule has 1 aliphatic rings. The molecular weight excluding hydrogens is 358 g/mol. The molecule has 0 saturated carbocycles. The van der Waals surface area contributed by atoms with E-state index in [0.717, 1.165) is 28.8 Å². The van der Waals surface area contributed by atoms with E-state index in [1.807, 2.05) is 60.7 Å². The van der Waals surface area contributed by atoms with Crippen LogP contribution in [-0.4, -0.2) is 13.0 Å². The van der Waals surface area contributed by atoms with E-state index >= 15 is 0 Å². The first-order valence-electron chi connectivity index (χ1n) is 8.68. The molecule has 0 aliphatic carbocycles. The summed E-state index contributed by atoms with van der Waals surface area (Å²) in [5.41, 5.74) is 5.10. The van der Waals surface area contributed by atoms with E-state index in [9.17, 15) is 13.0 Å². The molecule has 0 bridgehead atoms. The number of hydrogen-bond donors (Lipinski definition) is 2. The van der Waals surface area contributed by atoms with Gasteiger partial charge in [-0.15, -0.1) is 0 Å². The average Bonchev–Trinajstić information content (AvgIpc) is 3.10. The molecule has 4 rings (SSSR count). The summed E-state index contributed by atoms with van der Waals surface area (Å²) in [6, 6.07) is 22.6. The van der Waals surface area contributed by atoms with Crippen LogP contribution in [0.15, 0.2) is 77.7 Å². The molecule has 136 valence electrons. The van der Waals surface area contributed by atoms with Crippen molar-refractivity contribution in [2.24, 2.45) is 0 Å². The maximum Gasteiger partial charge on any atom is 0.294 e. The summed E-state index contributed by atoms with van der Waals surface area (Å²) >= 11 is 0. The first kappa shape index (κ1) is 17.7. The Balaban J connectivity index is 1.81. The Bertz CT molecular complexity index is 1110. The zero-order valence-corrected chi connectivity index (χ0v) is 15.4. The molecule has 2 N–H and O–H groups in total. The van der Waals surface area contributed by atoms with Gasteiger partial charge in [-0.3, -0.25) is 4.55 Å². The minimum Gasteiger partial charge on any atom is -0.302 e. The summed E-state index contributed by atoms with van der Waals surface area (Å²) in [4.78, 5) is -0.0967. The van der Waals surface area contributed by atoms with Crippen LogP contribution in [-0.2, 0) is 16.7 Å². The summed E-state index contributed by atoms with van der Waals surface area (Å²) in [5, 5.41) is 3.45. The molecule has 0 amide bonds. The maximum atomic E-state index is 11.7. The topological polar surface area (TPSA) is 66.4 Å². The van der Waals surface area contributed by atoms with Crippen molar-refractivity contribution in [3.05, 3.63) is 101 Å². The Morgan fingerprint density at radius 1 is 0.889 bits per heavy atom. The van der Waals surface area contributed by atoms with Crippen molar-refractivity contribution >= 4 is 22.3 Å². The Hall–Kier alpha value is -2.73. The second-order valence-electron chi connectivity index (χ2n) is 6.52. The normalized spacial score (nSPS) is 16.6. The van der Waals surface area contributed by atoms with E-state index in [4.69, 9.17) is 0 Å². The summed E-state index contributed by atoms with van der Waals surface area (Å²) in [6.45, 7) is 0.721. The second kappa shape index (κ2) is 7.12. The highest BCUT2D eigenvalue weighted by atomic mass is 32.2. The van der Waals surface area contributed by atoms with Gasteiger partial charge in [-0.25, -0.2) is 0 Å². The lowest BCUT2D eigenvalue weighted by atomic mass is 9.94. The number of benzene rings is 3. The summed E-state index contributed by atoms with van der Waals surface area (Å²) in [6.07, 6.45) is 3.97. The highest BCUT2D eigenvalue weighted by Crippen LogP contribution is 2.34. The van der Waals surface area contributed by atoms with Gasteiger partial charge < -0.3 is 5.32 Å². The van der Waals surface area contributed by atoms with Crippen LogP contribution in [0.25, 0.3) is 12.2 Å².